The van der Waals surface area contributed by atoms with Crippen LogP contribution in [0.15, 0.2) is 0 Å². The molecule has 1 fully saturated rings. The number of aliphatic hydroxyl groups excluding tert-OH is 1. The second-order valence-corrected chi connectivity index (χ2v) is 2.80. The molecule has 3 nitrogen and oxygen atoms in total. The Balaban J connectivity index is 2.25. The van der Waals surface area contributed by atoms with Crippen LogP contribution < -0.4 is 0 Å². The minimum absolute atomic E-state index is 0.0961. The lowest BCUT2D eigenvalue weighted by Crippen LogP contribution is -2.35. The summed E-state index contributed by atoms with van der Waals surface area (Å²) in [5, 5.41) is 20.7. The normalized spacial score (nSPS) is 28.8. The summed E-state index contributed by atoms with van der Waals surface area (Å²) in [7, 11) is 0. The van der Waals surface area contributed by atoms with Crippen molar-refractivity contribution in [3.05, 3.63) is 5.21 Å². The van der Waals surface area contributed by atoms with E-state index in [0.29, 0.717) is 13.0 Å². The Labute approximate surface area is 61.2 Å². The zero-order valence-corrected chi connectivity index (χ0v) is 6.12. The van der Waals surface area contributed by atoms with Crippen molar-refractivity contribution < 1.29 is 5.11 Å². The number of hydroxylamine groups is 2. The van der Waals surface area contributed by atoms with E-state index in [0.717, 1.165) is 24.3 Å². The highest BCUT2D eigenvalue weighted by molar-refractivity contribution is 4.76. The molecule has 10 heavy (non-hydrogen) atoms. The average molecular weight is 144 g/mol. The quantitative estimate of drug-likeness (QED) is 0.621. The van der Waals surface area contributed by atoms with Gasteiger partial charge in [-0.3, -0.25) is 0 Å². The molecule has 1 N–H and O–H groups in total. The monoisotopic (exact) mass is 144 g/mol. The average Bonchev–Trinajstić information content (AvgIpc) is 1.94. The Morgan fingerprint density at radius 3 is 2.90 bits per heavy atom. The third-order valence-corrected chi connectivity index (χ3v) is 2.04. The van der Waals surface area contributed by atoms with E-state index in [-0.39, 0.29) is 12.6 Å². The Kier molecular flexibility index (Phi) is 3.12. The number of rotatable bonds is 2. The van der Waals surface area contributed by atoms with Crippen molar-refractivity contribution in [1.29, 1.82) is 0 Å². The summed E-state index contributed by atoms with van der Waals surface area (Å²) in [4.78, 5) is 0. The van der Waals surface area contributed by atoms with Crippen LogP contribution in [0, 0.1) is 5.21 Å². The van der Waals surface area contributed by atoms with Crippen LogP contribution in [0.1, 0.15) is 25.7 Å². The third kappa shape index (κ3) is 1.94. The van der Waals surface area contributed by atoms with Crippen molar-refractivity contribution in [3.8, 4) is 0 Å². The van der Waals surface area contributed by atoms with E-state index in [1.165, 1.54) is 0 Å². The van der Waals surface area contributed by atoms with Crippen molar-refractivity contribution in [3.63, 3.8) is 0 Å². The molecule has 1 rings (SSSR count). The molecule has 0 aromatic carbocycles. The Hall–Kier alpha value is -0.120. The zero-order valence-electron chi connectivity index (χ0n) is 6.12. The summed E-state index contributed by atoms with van der Waals surface area (Å²) in [5.74, 6) is 0. The fourth-order valence-electron chi connectivity index (χ4n) is 1.41. The molecule has 0 aromatic heterocycles. The van der Waals surface area contributed by atoms with Gasteiger partial charge in [-0.2, -0.15) is 0 Å². The van der Waals surface area contributed by atoms with Gasteiger partial charge in [0.25, 0.3) is 0 Å². The fraction of sp³-hybridized carbons (Fsp3) is 1.00. The maximum absolute atomic E-state index is 11.0. The lowest BCUT2D eigenvalue weighted by atomic mass is 10.0. The Bertz CT molecular complexity index is 95.6. The van der Waals surface area contributed by atoms with E-state index in [1.807, 2.05) is 0 Å². The van der Waals surface area contributed by atoms with Crippen molar-refractivity contribution >= 4 is 0 Å². The first kappa shape index (κ1) is 7.98. The maximum Gasteiger partial charge on any atom is 0.0445 e. The molecular weight excluding hydrogens is 130 g/mol. The van der Waals surface area contributed by atoms with Crippen LogP contribution in [-0.4, -0.2) is 29.4 Å². The second-order valence-electron chi connectivity index (χ2n) is 2.80. The molecule has 1 saturated heterocycles. The van der Waals surface area contributed by atoms with Gasteiger partial charge >= 0.3 is 0 Å². The van der Waals surface area contributed by atoms with Gasteiger partial charge in [-0.25, -0.2) is 0 Å². The molecule has 1 atom stereocenters. The molecule has 1 unspecified atom stereocenters. The van der Waals surface area contributed by atoms with E-state index < -0.39 is 0 Å². The number of hydrogen-bond acceptors (Lipinski definition) is 3. The standard InChI is InChI=1S/C7H14NO2/c9-6-4-7-3-1-2-5-8(7)10/h7,9H,1-6H2/q-1. The van der Waals surface area contributed by atoms with E-state index >= 15 is 0 Å². The van der Waals surface area contributed by atoms with E-state index in [9.17, 15) is 5.21 Å². The molecule has 1 heterocycles. The van der Waals surface area contributed by atoms with Gasteiger partial charge in [0.05, 0.1) is 0 Å². The summed E-state index contributed by atoms with van der Waals surface area (Å²) in [5.41, 5.74) is 0. The first-order chi connectivity index (χ1) is 4.84. The Morgan fingerprint density at radius 2 is 2.30 bits per heavy atom. The fourth-order valence-corrected chi connectivity index (χ4v) is 1.41. The van der Waals surface area contributed by atoms with Gasteiger partial charge in [-0.1, -0.05) is 6.42 Å². The summed E-state index contributed by atoms with van der Waals surface area (Å²) >= 11 is 0. The minimum Gasteiger partial charge on any atom is -0.785 e. The zero-order chi connectivity index (χ0) is 7.40. The third-order valence-electron chi connectivity index (χ3n) is 2.04. The van der Waals surface area contributed by atoms with Crippen molar-refractivity contribution in [2.24, 2.45) is 0 Å². The van der Waals surface area contributed by atoms with E-state index in [2.05, 4.69) is 0 Å². The van der Waals surface area contributed by atoms with Gasteiger partial charge in [0.15, 0.2) is 0 Å². The number of hydrogen-bond donors (Lipinski definition) is 1. The van der Waals surface area contributed by atoms with Crippen molar-refractivity contribution in [2.45, 2.75) is 31.7 Å². The second kappa shape index (κ2) is 3.91. The topological polar surface area (TPSA) is 46.5 Å². The number of piperidine rings is 1. The molecule has 0 aliphatic carbocycles. The van der Waals surface area contributed by atoms with Crippen LogP contribution >= 0.6 is 0 Å². The highest BCUT2D eigenvalue weighted by Gasteiger charge is 2.13. The van der Waals surface area contributed by atoms with Crippen LogP contribution in [0.4, 0.5) is 0 Å². The predicted octanol–water partition coefficient (Wildman–Crippen LogP) is 0.721. The number of nitrogens with zero attached hydrogens (tertiary/aromatic N) is 1. The van der Waals surface area contributed by atoms with Gasteiger partial charge in [-0.05, 0) is 31.8 Å². The van der Waals surface area contributed by atoms with Gasteiger partial charge in [0, 0.05) is 6.61 Å². The molecule has 0 radical (unpaired) electrons. The molecule has 0 spiro atoms. The first-order valence-corrected chi connectivity index (χ1v) is 3.89. The Morgan fingerprint density at radius 1 is 1.50 bits per heavy atom. The smallest absolute Gasteiger partial charge is 0.0445 e. The largest absolute Gasteiger partial charge is 0.785 e. The van der Waals surface area contributed by atoms with Gasteiger partial charge in [0.1, 0.15) is 0 Å². The van der Waals surface area contributed by atoms with Crippen LogP contribution in [0.25, 0.3) is 0 Å². The van der Waals surface area contributed by atoms with E-state index in [4.69, 9.17) is 5.11 Å². The summed E-state index contributed by atoms with van der Waals surface area (Å²) < 4.78 is 0. The maximum atomic E-state index is 11.0. The highest BCUT2D eigenvalue weighted by atomic mass is 16.5. The highest BCUT2D eigenvalue weighted by Crippen LogP contribution is 2.17. The molecule has 1 aliphatic rings. The van der Waals surface area contributed by atoms with Gasteiger partial charge < -0.3 is 15.4 Å². The molecule has 0 amide bonds. The van der Waals surface area contributed by atoms with Crippen LogP contribution in [-0.2, 0) is 0 Å². The molecule has 0 aromatic rings. The molecule has 0 saturated carbocycles. The minimum atomic E-state index is 0.0961. The van der Waals surface area contributed by atoms with Crippen molar-refractivity contribution in [2.75, 3.05) is 13.2 Å². The van der Waals surface area contributed by atoms with E-state index in [1.54, 1.807) is 0 Å². The van der Waals surface area contributed by atoms with Crippen LogP contribution in [0.2, 0.25) is 0 Å². The number of aliphatic hydroxyl groups is 1. The SMILES string of the molecule is [O-]N1CCCCC1CCO. The molecule has 1 aliphatic heterocycles. The van der Waals surface area contributed by atoms with Gasteiger partial charge in [-0.15, -0.1) is 0 Å². The summed E-state index contributed by atoms with van der Waals surface area (Å²) in [6.45, 7) is 0.800. The predicted molar refractivity (Wildman–Crippen MR) is 39.4 cm³/mol. The van der Waals surface area contributed by atoms with Crippen LogP contribution in [0.5, 0.6) is 0 Å². The lowest BCUT2D eigenvalue weighted by Gasteiger charge is -2.40. The first-order valence-electron chi connectivity index (χ1n) is 3.89. The molecular formula is C7H14NO2-. The van der Waals surface area contributed by atoms with Crippen molar-refractivity contribution in [1.82, 2.24) is 5.06 Å². The van der Waals surface area contributed by atoms with Crippen LogP contribution in [0.3, 0.4) is 0 Å². The van der Waals surface area contributed by atoms with Gasteiger partial charge in [0.2, 0.25) is 0 Å². The summed E-state index contributed by atoms with van der Waals surface area (Å²) in [6.07, 6.45) is 3.77. The summed E-state index contributed by atoms with van der Waals surface area (Å²) in [6, 6.07) is 0.0961. The lowest BCUT2D eigenvalue weighted by molar-refractivity contribution is 0.167. The molecule has 60 valence electrons. The molecule has 0 bridgehead atoms. The molecule has 3 heteroatoms.